The molecule has 27 heavy (non-hydrogen) atoms. The normalized spacial score (nSPS) is 27.0. The molecule has 2 aromatic carbocycles. The fraction of sp³-hybridized carbons (Fsp3) is 0.458. The molecule has 3 heteroatoms. The number of rotatable bonds is 4. The van der Waals surface area contributed by atoms with Gasteiger partial charge in [-0.1, -0.05) is 54.6 Å². The molecule has 1 spiro atoms. The minimum absolute atomic E-state index is 0.297. The molecule has 2 aliphatic rings. The van der Waals surface area contributed by atoms with Crippen molar-refractivity contribution < 1.29 is 4.74 Å². The van der Waals surface area contributed by atoms with Gasteiger partial charge in [0.05, 0.1) is 0 Å². The van der Waals surface area contributed by atoms with E-state index in [-0.39, 0.29) is 0 Å². The van der Waals surface area contributed by atoms with Gasteiger partial charge in [0, 0.05) is 12.0 Å². The van der Waals surface area contributed by atoms with Crippen LogP contribution in [-0.2, 0) is 11.3 Å². The molecule has 0 heterocycles. The zero-order valence-electron chi connectivity index (χ0n) is 16.1. The van der Waals surface area contributed by atoms with E-state index in [9.17, 15) is 0 Å². The fourth-order valence-electron chi connectivity index (χ4n) is 4.82. The Kier molecular flexibility index (Phi) is 5.49. The van der Waals surface area contributed by atoms with Crippen LogP contribution in [0, 0.1) is 12.3 Å². The van der Waals surface area contributed by atoms with Gasteiger partial charge >= 0.3 is 0 Å². The summed E-state index contributed by atoms with van der Waals surface area (Å²) in [6.07, 6.45) is 7.79. The van der Waals surface area contributed by atoms with Crippen molar-refractivity contribution in [2.24, 2.45) is 5.41 Å². The van der Waals surface area contributed by atoms with Crippen LogP contribution in [0.2, 0.25) is 0 Å². The molecule has 0 saturated heterocycles. The Morgan fingerprint density at radius 1 is 1.00 bits per heavy atom. The van der Waals surface area contributed by atoms with Crippen molar-refractivity contribution in [3.63, 3.8) is 0 Å². The Bertz CT molecular complexity index is 780. The second-order valence-corrected chi connectivity index (χ2v) is 8.63. The Morgan fingerprint density at radius 2 is 1.67 bits per heavy atom. The lowest BCUT2D eigenvalue weighted by atomic mass is 9.56. The highest BCUT2D eigenvalue weighted by atomic mass is 32.1. The summed E-state index contributed by atoms with van der Waals surface area (Å²) in [5, 5.41) is 3.87. The van der Waals surface area contributed by atoms with Crippen LogP contribution in [0.15, 0.2) is 54.6 Å². The lowest BCUT2D eigenvalue weighted by molar-refractivity contribution is -0.0809. The molecule has 2 aliphatic carbocycles. The quantitative estimate of drug-likeness (QED) is 0.669. The van der Waals surface area contributed by atoms with E-state index in [0.717, 1.165) is 13.0 Å². The Hall–Kier alpha value is -1.87. The number of nitrogens with one attached hydrogen (secondary N) is 1. The maximum atomic E-state index is 6.20. The van der Waals surface area contributed by atoms with Gasteiger partial charge in [0.25, 0.3) is 5.17 Å². The van der Waals surface area contributed by atoms with Gasteiger partial charge in [-0.15, -0.1) is 0 Å². The first-order valence-corrected chi connectivity index (χ1v) is 10.6. The zero-order chi connectivity index (χ0) is 18.7. The van der Waals surface area contributed by atoms with Gasteiger partial charge in [-0.25, -0.2) is 0 Å². The van der Waals surface area contributed by atoms with Gasteiger partial charge in [0.2, 0.25) is 0 Å². The molecular formula is C24H29NOS. The molecule has 0 aliphatic heterocycles. The highest BCUT2D eigenvalue weighted by molar-refractivity contribution is 7.80. The number of hydrogen-bond acceptors (Lipinski definition) is 2. The average molecular weight is 380 g/mol. The number of ether oxygens (including phenoxy) is 1. The zero-order valence-corrected chi connectivity index (χ0v) is 16.9. The molecule has 0 unspecified atom stereocenters. The van der Waals surface area contributed by atoms with E-state index >= 15 is 0 Å². The summed E-state index contributed by atoms with van der Waals surface area (Å²) in [6, 6.07) is 19.4. The second kappa shape index (κ2) is 8.02. The summed E-state index contributed by atoms with van der Waals surface area (Å²) < 4.78 is 6.20. The predicted octanol–water partition coefficient (Wildman–Crippen LogP) is 5.89. The summed E-state index contributed by atoms with van der Waals surface area (Å²) in [5.41, 5.74) is 4.42. The smallest absolute Gasteiger partial charge is 0.257 e. The number of aryl methyl sites for hydroxylation is 1. The lowest BCUT2D eigenvalue weighted by Gasteiger charge is -2.52. The van der Waals surface area contributed by atoms with Crippen LogP contribution in [0.5, 0.6) is 0 Å². The van der Waals surface area contributed by atoms with Gasteiger partial charge in [0.15, 0.2) is 0 Å². The maximum absolute atomic E-state index is 6.20. The third-order valence-corrected chi connectivity index (χ3v) is 7.01. The second-order valence-electron chi connectivity index (χ2n) is 8.26. The lowest BCUT2D eigenvalue weighted by Crippen LogP contribution is -2.50. The van der Waals surface area contributed by atoms with Gasteiger partial charge < -0.3 is 10.1 Å². The van der Waals surface area contributed by atoms with Crippen molar-refractivity contribution in [3.8, 4) is 0 Å². The highest BCUT2D eigenvalue weighted by Gasteiger charge is 2.50. The third-order valence-electron chi connectivity index (χ3n) is 6.77. The van der Waals surface area contributed by atoms with E-state index in [2.05, 4.69) is 66.8 Å². The van der Waals surface area contributed by atoms with Crippen LogP contribution in [0.4, 0.5) is 0 Å². The topological polar surface area (TPSA) is 21.3 Å². The van der Waals surface area contributed by atoms with Gasteiger partial charge in [-0.05, 0) is 80.3 Å². The molecule has 2 fully saturated rings. The fourth-order valence-corrected chi connectivity index (χ4v) is 5.01. The van der Waals surface area contributed by atoms with Crippen molar-refractivity contribution in [3.05, 3.63) is 71.3 Å². The van der Waals surface area contributed by atoms with E-state index in [1.54, 1.807) is 0 Å². The molecule has 0 radical (unpaired) electrons. The van der Waals surface area contributed by atoms with Gasteiger partial charge in [-0.2, -0.15) is 0 Å². The van der Waals surface area contributed by atoms with Crippen molar-refractivity contribution in [2.45, 2.75) is 64.0 Å². The molecule has 0 aromatic heterocycles. The molecule has 1 N–H and O–H groups in total. The maximum Gasteiger partial charge on any atom is 0.257 e. The van der Waals surface area contributed by atoms with Crippen molar-refractivity contribution in [1.82, 2.24) is 5.32 Å². The molecule has 2 saturated carbocycles. The van der Waals surface area contributed by atoms with Crippen molar-refractivity contribution in [2.75, 3.05) is 0 Å². The van der Waals surface area contributed by atoms with E-state index in [1.807, 2.05) is 0 Å². The summed E-state index contributed by atoms with van der Waals surface area (Å²) in [6.45, 7) is 2.87. The van der Waals surface area contributed by atoms with Crippen LogP contribution >= 0.6 is 12.2 Å². The molecule has 1 atom stereocenters. The van der Waals surface area contributed by atoms with Gasteiger partial charge in [0.1, 0.15) is 6.10 Å². The van der Waals surface area contributed by atoms with Crippen molar-refractivity contribution >= 4 is 17.4 Å². The summed E-state index contributed by atoms with van der Waals surface area (Å²) in [4.78, 5) is 0. The summed E-state index contributed by atoms with van der Waals surface area (Å²) in [7, 11) is 0. The Balaban J connectivity index is 1.28. The number of hydrogen-bond donors (Lipinski definition) is 1. The van der Waals surface area contributed by atoms with Crippen LogP contribution in [0.25, 0.3) is 0 Å². The Morgan fingerprint density at radius 3 is 2.33 bits per heavy atom. The first kappa shape index (κ1) is 18.5. The molecule has 4 rings (SSSR count). The minimum atomic E-state index is 0.297. The van der Waals surface area contributed by atoms with Crippen molar-refractivity contribution in [1.29, 1.82) is 0 Å². The van der Waals surface area contributed by atoms with E-state index in [1.165, 1.54) is 48.8 Å². The van der Waals surface area contributed by atoms with E-state index in [4.69, 9.17) is 17.0 Å². The first-order chi connectivity index (χ1) is 13.2. The summed E-state index contributed by atoms with van der Waals surface area (Å²) in [5.74, 6) is 0.712. The largest absolute Gasteiger partial charge is 0.467 e. The van der Waals surface area contributed by atoms with Gasteiger partial charge in [-0.3, -0.25) is 0 Å². The molecule has 0 amide bonds. The molecular weight excluding hydrogens is 350 g/mol. The van der Waals surface area contributed by atoms with E-state index < -0.39 is 0 Å². The number of benzene rings is 2. The third kappa shape index (κ3) is 4.03. The standard InChI is InChI=1S/C24H29NOS/c1-18-7-5-6-10-21(18)17-25-23(27)26-22-13-16-24(22)14-11-20(12-15-24)19-8-3-2-4-9-19/h2-10,20,22H,11-17H2,1H3,(H,25,27)/t20?,22-,24?/m0/s1. The molecule has 142 valence electrons. The monoisotopic (exact) mass is 379 g/mol. The Labute approximate surface area is 168 Å². The molecule has 2 nitrogen and oxygen atoms in total. The first-order valence-electron chi connectivity index (χ1n) is 10.2. The minimum Gasteiger partial charge on any atom is -0.467 e. The van der Waals surface area contributed by atoms with Crippen LogP contribution in [-0.4, -0.2) is 11.3 Å². The predicted molar refractivity (Wildman–Crippen MR) is 115 cm³/mol. The van der Waals surface area contributed by atoms with E-state index in [0.29, 0.717) is 22.6 Å². The highest BCUT2D eigenvalue weighted by Crippen LogP contribution is 2.55. The van der Waals surface area contributed by atoms with Crippen LogP contribution in [0.3, 0.4) is 0 Å². The van der Waals surface area contributed by atoms with Crippen LogP contribution < -0.4 is 5.32 Å². The SMILES string of the molecule is Cc1ccccc1CNC(=S)O[C@H]1CCC12CCC(c1ccccc1)CC2. The average Bonchev–Trinajstić information content (AvgIpc) is 2.71. The summed E-state index contributed by atoms with van der Waals surface area (Å²) >= 11 is 5.49. The molecule has 2 aromatic rings. The van der Waals surface area contributed by atoms with Crippen LogP contribution in [0.1, 0.15) is 61.1 Å². The molecule has 0 bridgehead atoms. The number of thiocarbonyl (C=S) groups is 1.